The number of carboxylic acid groups (broad SMARTS) is 1. The Morgan fingerprint density at radius 1 is 1.15 bits per heavy atom. The summed E-state index contributed by atoms with van der Waals surface area (Å²) in [5.74, 6) is -2.29. The standard InChI is InChI=1S/C19H28ClN3O4/c1-11(2)15(16(24)22-14(9-10-21)17(25)26)23-18(27)19(3,4)12-5-7-13(20)8-6-12/h5-8,11,14-15H,9-10,21H2,1-4H3,(H,22,24)(H,23,27)(H,25,26)/t14-,15+/m1/s1. The molecule has 0 aromatic heterocycles. The van der Waals surface area contributed by atoms with Crippen LogP contribution in [0.3, 0.4) is 0 Å². The van der Waals surface area contributed by atoms with Gasteiger partial charge in [-0.3, -0.25) is 9.59 Å². The molecule has 150 valence electrons. The number of nitrogens with two attached hydrogens (primary N) is 1. The van der Waals surface area contributed by atoms with Crippen LogP contribution >= 0.6 is 11.6 Å². The number of hydrogen-bond donors (Lipinski definition) is 4. The smallest absolute Gasteiger partial charge is 0.326 e. The van der Waals surface area contributed by atoms with E-state index in [-0.39, 0.29) is 24.8 Å². The SMILES string of the molecule is CC(C)[C@H](NC(=O)C(C)(C)c1ccc(Cl)cc1)C(=O)N[C@H](CCN)C(=O)O. The summed E-state index contributed by atoms with van der Waals surface area (Å²) in [5, 5.41) is 15.0. The van der Waals surface area contributed by atoms with Crippen LogP contribution in [0.4, 0.5) is 0 Å². The van der Waals surface area contributed by atoms with E-state index >= 15 is 0 Å². The van der Waals surface area contributed by atoms with Crippen LogP contribution in [0.5, 0.6) is 0 Å². The highest BCUT2D eigenvalue weighted by atomic mass is 35.5. The van der Waals surface area contributed by atoms with Gasteiger partial charge in [0.1, 0.15) is 12.1 Å². The zero-order valence-electron chi connectivity index (χ0n) is 16.1. The molecule has 0 fully saturated rings. The molecule has 2 atom stereocenters. The Hall–Kier alpha value is -2.12. The van der Waals surface area contributed by atoms with Crippen molar-refractivity contribution < 1.29 is 19.5 Å². The molecular weight excluding hydrogens is 370 g/mol. The molecule has 0 radical (unpaired) electrons. The largest absolute Gasteiger partial charge is 0.480 e. The number of benzene rings is 1. The molecule has 1 aromatic rings. The van der Waals surface area contributed by atoms with Gasteiger partial charge in [-0.1, -0.05) is 37.6 Å². The van der Waals surface area contributed by atoms with Gasteiger partial charge in [-0.05, 0) is 50.4 Å². The second kappa shape index (κ2) is 9.71. The Labute approximate surface area is 164 Å². The quantitative estimate of drug-likeness (QED) is 0.505. The Balaban J connectivity index is 2.94. The van der Waals surface area contributed by atoms with Gasteiger partial charge in [0.25, 0.3) is 0 Å². The molecule has 0 heterocycles. The lowest BCUT2D eigenvalue weighted by atomic mass is 9.83. The molecule has 8 heteroatoms. The van der Waals surface area contributed by atoms with Crippen molar-refractivity contribution >= 4 is 29.4 Å². The van der Waals surface area contributed by atoms with Crippen molar-refractivity contribution in [1.82, 2.24) is 10.6 Å². The van der Waals surface area contributed by atoms with Gasteiger partial charge >= 0.3 is 5.97 Å². The molecule has 0 aliphatic carbocycles. The van der Waals surface area contributed by atoms with Crippen molar-refractivity contribution in [2.24, 2.45) is 11.7 Å². The van der Waals surface area contributed by atoms with Crippen LogP contribution in [0, 0.1) is 5.92 Å². The monoisotopic (exact) mass is 397 g/mol. The number of amides is 2. The maximum atomic E-state index is 12.9. The highest BCUT2D eigenvalue weighted by Gasteiger charge is 2.35. The van der Waals surface area contributed by atoms with E-state index in [2.05, 4.69) is 10.6 Å². The van der Waals surface area contributed by atoms with Gasteiger partial charge in [0.15, 0.2) is 0 Å². The summed E-state index contributed by atoms with van der Waals surface area (Å²) in [6.07, 6.45) is 0.107. The van der Waals surface area contributed by atoms with Gasteiger partial charge in [-0.25, -0.2) is 4.79 Å². The molecule has 0 saturated carbocycles. The number of hydrogen-bond acceptors (Lipinski definition) is 4. The van der Waals surface area contributed by atoms with Crippen molar-refractivity contribution in [2.75, 3.05) is 6.54 Å². The topological polar surface area (TPSA) is 122 Å². The van der Waals surface area contributed by atoms with E-state index < -0.39 is 29.4 Å². The Morgan fingerprint density at radius 2 is 1.70 bits per heavy atom. The minimum atomic E-state index is -1.16. The minimum Gasteiger partial charge on any atom is -0.480 e. The lowest BCUT2D eigenvalue weighted by Crippen LogP contribution is -2.56. The maximum Gasteiger partial charge on any atom is 0.326 e. The third-order valence-electron chi connectivity index (χ3n) is 4.44. The van der Waals surface area contributed by atoms with Crippen molar-refractivity contribution in [2.45, 2.75) is 51.6 Å². The highest BCUT2D eigenvalue weighted by molar-refractivity contribution is 6.30. The maximum absolute atomic E-state index is 12.9. The summed E-state index contributed by atoms with van der Waals surface area (Å²) >= 11 is 5.90. The third kappa shape index (κ3) is 6.22. The van der Waals surface area contributed by atoms with E-state index in [4.69, 9.17) is 17.3 Å². The summed E-state index contributed by atoms with van der Waals surface area (Å²) in [6.45, 7) is 7.17. The lowest BCUT2D eigenvalue weighted by molar-refractivity contribution is -0.142. The first-order chi connectivity index (χ1) is 12.5. The fourth-order valence-corrected chi connectivity index (χ4v) is 2.67. The first-order valence-electron chi connectivity index (χ1n) is 8.81. The zero-order chi connectivity index (χ0) is 20.8. The first kappa shape index (κ1) is 22.9. The minimum absolute atomic E-state index is 0.107. The average molecular weight is 398 g/mol. The van der Waals surface area contributed by atoms with E-state index in [9.17, 15) is 19.5 Å². The van der Waals surface area contributed by atoms with Gasteiger partial charge in [-0.2, -0.15) is 0 Å². The molecule has 0 aliphatic rings. The van der Waals surface area contributed by atoms with Crippen LogP contribution in [0.2, 0.25) is 5.02 Å². The van der Waals surface area contributed by atoms with E-state index in [1.807, 2.05) is 0 Å². The predicted molar refractivity (Wildman–Crippen MR) is 104 cm³/mol. The van der Waals surface area contributed by atoms with Crippen molar-refractivity contribution in [1.29, 1.82) is 0 Å². The fraction of sp³-hybridized carbons (Fsp3) is 0.526. The Bertz CT molecular complexity index is 674. The predicted octanol–water partition coefficient (Wildman–Crippen LogP) is 1.68. The van der Waals surface area contributed by atoms with E-state index in [0.29, 0.717) is 5.02 Å². The number of aliphatic carboxylic acids is 1. The molecule has 0 spiro atoms. The molecule has 27 heavy (non-hydrogen) atoms. The normalized spacial score (nSPS) is 13.7. The van der Waals surface area contributed by atoms with Crippen LogP contribution in [-0.4, -0.2) is 41.5 Å². The number of carbonyl (C=O) groups is 3. The molecule has 0 bridgehead atoms. The van der Waals surface area contributed by atoms with Gasteiger partial charge in [0.05, 0.1) is 5.41 Å². The Kier molecular flexibility index (Phi) is 8.24. The van der Waals surface area contributed by atoms with Crippen LogP contribution in [0.1, 0.15) is 39.7 Å². The third-order valence-corrected chi connectivity index (χ3v) is 4.69. The van der Waals surface area contributed by atoms with Crippen LogP contribution in [0.15, 0.2) is 24.3 Å². The fourth-order valence-electron chi connectivity index (χ4n) is 2.54. The van der Waals surface area contributed by atoms with Gasteiger partial charge < -0.3 is 21.5 Å². The molecule has 5 N–H and O–H groups in total. The molecule has 1 aromatic carbocycles. The molecule has 1 rings (SSSR count). The number of halogens is 1. The highest BCUT2D eigenvalue weighted by Crippen LogP contribution is 2.25. The number of carbonyl (C=O) groups excluding carboxylic acids is 2. The average Bonchev–Trinajstić information content (AvgIpc) is 2.58. The van der Waals surface area contributed by atoms with Crippen molar-refractivity contribution in [3.05, 3.63) is 34.9 Å². The summed E-state index contributed by atoms with van der Waals surface area (Å²) < 4.78 is 0. The van der Waals surface area contributed by atoms with E-state index in [0.717, 1.165) is 5.56 Å². The molecule has 0 unspecified atom stereocenters. The molecule has 7 nitrogen and oxygen atoms in total. The van der Waals surface area contributed by atoms with E-state index in [1.165, 1.54) is 0 Å². The van der Waals surface area contributed by atoms with Crippen molar-refractivity contribution in [3.8, 4) is 0 Å². The number of nitrogens with one attached hydrogen (secondary N) is 2. The summed E-state index contributed by atoms with van der Waals surface area (Å²) in [4.78, 5) is 36.7. The summed E-state index contributed by atoms with van der Waals surface area (Å²) in [5.41, 5.74) is 5.25. The van der Waals surface area contributed by atoms with Crippen LogP contribution < -0.4 is 16.4 Å². The summed E-state index contributed by atoms with van der Waals surface area (Å²) in [7, 11) is 0. The van der Waals surface area contributed by atoms with Gasteiger partial charge in [-0.15, -0.1) is 0 Å². The van der Waals surface area contributed by atoms with Crippen LogP contribution in [0.25, 0.3) is 0 Å². The second-order valence-corrected chi connectivity index (χ2v) is 7.74. The molecule has 0 saturated heterocycles. The summed E-state index contributed by atoms with van der Waals surface area (Å²) in [6, 6.07) is 4.95. The van der Waals surface area contributed by atoms with Gasteiger partial charge in [0.2, 0.25) is 11.8 Å². The first-order valence-corrected chi connectivity index (χ1v) is 9.18. The second-order valence-electron chi connectivity index (χ2n) is 7.30. The number of carboxylic acids is 1. The van der Waals surface area contributed by atoms with Gasteiger partial charge in [0, 0.05) is 5.02 Å². The molecule has 2 amide bonds. The van der Waals surface area contributed by atoms with Crippen molar-refractivity contribution in [3.63, 3.8) is 0 Å². The molecular formula is C19H28ClN3O4. The van der Waals surface area contributed by atoms with Crippen LogP contribution in [-0.2, 0) is 19.8 Å². The van der Waals surface area contributed by atoms with E-state index in [1.54, 1.807) is 52.0 Å². The lowest BCUT2D eigenvalue weighted by Gasteiger charge is -2.29. The zero-order valence-corrected chi connectivity index (χ0v) is 16.8. The number of rotatable bonds is 9. The Morgan fingerprint density at radius 3 is 2.15 bits per heavy atom. The molecule has 0 aliphatic heterocycles.